The van der Waals surface area contributed by atoms with Gasteiger partial charge in [-0.05, 0) is 19.8 Å². The van der Waals surface area contributed by atoms with Crippen molar-refractivity contribution in [3.05, 3.63) is 0 Å². The molecule has 1 N–H and O–H groups in total. The molecule has 0 amide bonds. The van der Waals surface area contributed by atoms with Crippen LogP contribution in [0.25, 0.3) is 0 Å². The number of rotatable bonds is 4. The van der Waals surface area contributed by atoms with Crippen molar-refractivity contribution >= 4 is 5.84 Å². The number of hydrogen-bond acceptors (Lipinski definition) is 1. The van der Waals surface area contributed by atoms with Gasteiger partial charge in [-0.25, -0.2) is 0 Å². The lowest BCUT2D eigenvalue weighted by Crippen LogP contribution is -2.41. The van der Waals surface area contributed by atoms with Crippen molar-refractivity contribution in [2.45, 2.75) is 47.6 Å². The molecule has 0 rings (SSSR count). The summed E-state index contributed by atoms with van der Waals surface area (Å²) >= 11 is 0. The minimum atomic E-state index is 0.334. The molecule has 13 heavy (non-hydrogen) atoms. The number of nitrogens with one attached hydrogen (secondary N) is 1. The first-order chi connectivity index (χ1) is 5.86. The summed E-state index contributed by atoms with van der Waals surface area (Å²) in [5.41, 5.74) is 0. The lowest BCUT2D eigenvalue weighted by Gasteiger charge is -2.32. The van der Waals surface area contributed by atoms with Crippen molar-refractivity contribution in [3.8, 4) is 0 Å². The normalized spacial score (nSPS) is 11.5. The number of hydrogen-bond donors (Lipinski definition) is 1. The van der Waals surface area contributed by atoms with Crippen LogP contribution in [0.1, 0.15) is 41.5 Å². The van der Waals surface area contributed by atoms with Crippen LogP contribution in [0.3, 0.4) is 0 Å². The van der Waals surface area contributed by atoms with Crippen LogP contribution in [0.4, 0.5) is 0 Å². The fourth-order valence-electron chi connectivity index (χ4n) is 1.31. The Balaban J connectivity index is 4.33. The second-order valence-electron chi connectivity index (χ2n) is 4.68. The molecule has 2 heteroatoms. The van der Waals surface area contributed by atoms with Crippen LogP contribution in [0.5, 0.6) is 0 Å². The zero-order chi connectivity index (χ0) is 10.6. The van der Waals surface area contributed by atoms with E-state index in [0.29, 0.717) is 17.9 Å². The molecule has 0 atom stereocenters. The second kappa shape index (κ2) is 5.25. The molecule has 0 spiro atoms. The highest BCUT2D eigenvalue weighted by atomic mass is 15.2. The predicted octanol–water partition coefficient (Wildman–Crippen LogP) is 2.99. The maximum absolute atomic E-state index is 7.95. The van der Waals surface area contributed by atoms with Crippen molar-refractivity contribution in [3.63, 3.8) is 0 Å². The Labute approximate surface area is 82.8 Å². The Morgan fingerprint density at radius 1 is 1.08 bits per heavy atom. The van der Waals surface area contributed by atoms with Crippen molar-refractivity contribution in [2.24, 2.45) is 11.8 Å². The molecule has 0 aliphatic rings. The highest BCUT2D eigenvalue weighted by molar-refractivity contribution is 5.81. The Morgan fingerprint density at radius 2 is 1.54 bits per heavy atom. The van der Waals surface area contributed by atoms with E-state index in [0.717, 1.165) is 12.4 Å². The highest BCUT2D eigenvalue weighted by Gasteiger charge is 2.16. The van der Waals surface area contributed by atoms with Gasteiger partial charge in [0.1, 0.15) is 0 Å². The van der Waals surface area contributed by atoms with Crippen LogP contribution in [-0.2, 0) is 0 Å². The van der Waals surface area contributed by atoms with E-state index in [1.54, 1.807) is 0 Å². The van der Waals surface area contributed by atoms with Gasteiger partial charge in [0.15, 0.2) is 0 Å². The quantitative estimate of drug-likeness (QED) is 0.528. The van der Waals surface area contributed by atoms with Gasteiger partial charge in [-0.15, -0.1) is 0 Å². The molecule has 0 unspecified atom stereocenters. The van der Waals surface area contributed by atoms with Gasteiger partial charge in [0.05, 0.1) is 5.84 Å². The van der Waals surface area contributed by atoms with Gasteiger partial charge in [-0.3, -0.25) is 5.41 Å². The Hall–Kier alpha value is -0.530. The first kappa shape index (κ1) is 12.5. The summed E-state index contributed by atoms with van der Waals surface area (Å²) in [6.45, 7) is 13.9. The van der Waals surface area contributed by atoms with Gasteiger partial charge in [0.25, 0.3) is 0 Å². The van der Waals surface area contributed by atoms with E-state index < -0.39 is 0 Å². The van der Waals surface area contributed by atoms with Crippen molar-refractivity contribution in [1.29, 1.82) is 5.41 Å². The maximum Gasteiger partial charge on any atom is 0.0986 e. The molecule has 0 fully saturated rings. The zero-order valence-electron chi connectivity index (χ0n) is 9.89. The van der Waals surface area contributed by atoms with E-state index in [9.17, 15) is 0 Å². The van der Waals surface area contributed by atoms with Crippen LogP contribution in [0.2, 0.25) is 0 Å². The highest BCUT2D eigenvalue weighted by Crippen LogP contribution is 2.09. The van der Waals surface area contributed by atoms with E-state index in [1.807, 2.05) is 0 Å². The van der Waals surface area contributed by atoms with Gasteiger partial charge in [0.2, 0.25) is 0 Å². The van der Waals surface area contributed by atoms with Crippen LogP contribution in [0.15, 0.2) is 0 Å². The first-order valence-corrected chi connectivity index (χ1v) is 5.21. The first-order valence-electron chi connectivity index (χ1n) is 5.21. The molecule has 0 heterocycles. The minimum Gasteiger partial charge on any atom is -0.358 e. The smallest absolute Gasteiger partial charge is 0.0986 e. The molecular formula is C11H24N2. The fraction of sp³-hybridized carbons (Fsp3) is 0.909. The Bertz CT molecular complexity index is 159. The third kappa shape index (κ3) is 4.30. The molecule has 0 bridgehead atoms. The summed E-state index contributed by atoms with van der Waals surface area (Å²) < 4.78 is 0. The van der Waals surface area contributed by atoms with Crippen molar-refractivity contribution < 1.29 is 0 Å². The van der Waals surface area contributed by atoms with Crippen LogP contribution in [0, 0.1) is 17.2 Å². The van der Waals surface area contributed by atoms with Gasteiger partial charge in [-0.1, -0.05) is 27.7 Å². The van der Waals surface area contributed by atoms with E-state index in [4.69, 9.17) is 5.41 Å². The van der Waals surface area contributed by atoms with Crippen molar-refractivity contribution in [1.82, 2.24) is 4.90 Å². The van der Waals surface area contributed by atoms with Gasteiger partial charge in [0, 0.05) is 18.5 Å². The molecule has 0 aromatic carbocycles. The predicted molar refractivity (Wildman–Crippen MR) is 59.2 cm³/mol. The van der Waals surface area contributed by atoms with E-state index in [2.05, 4.69) is 46.4 Å². The monoisotopic (exact) mass is 184 g/mol. The topological polar surface area (TPSA) is 27.1 Å². The van der Waals surface area contributed by atoms with Gasteiger partial charge < -0.3 is 4.90 Å². The molecule has 0 aromatic rings. The summed E-state index contributed by atoms with van der Waals surface area (Å²) in [5, 5.41) is 7.95. The SMILES string of the molecule is CC(C)CN(C(=N)C(C)C)C(C)C. The molecule has 78 valence electrons. The lowest BCUT2D eigenvalue weighted by atomic mass is 10.1. The van der Waals surface area contributed by atoms with Crippen molar-refractivity contribution in [2.75, 3.05) is 6.54 Å². The molecule has 0 saturated carbocycles. The Kier molecular flexibility index (Phi) is 5.04. The van der Waals surface area contributed by atoms with Crippen LogP contribution >= 0.6 is 0 Å². The van der Waals surface area contributed by atoms with E-state index in [-0.39, 0.29) is 0 Å². The molecule has 0 aliphatic carbocycles. The molecule has 0 aromatic heterocycles. The molecule has 2 nitrogen and oxygen atoms in total. The zero-order valence-corrected chi connectivity index (χ0v) is 9.89. The molecule has 0 aliphatic heterocycles. The van der Waals surface area contributed by atoms with Gasteiger partial charge in [-0.2, -0.15) is 0 Å². The lowest BCUT2D eigenvalue weighted by molar-refractivity contribution is 0.297. The molecule has 0 radical (unpaired) electrons. The van der Waals surface area contributed by atoms with Gasteiger partial charge >= 0.3 is 0 Å². The van der Waals surface area contributed by atoms with E-state index in [1.165, 1.54) is 0 Å². The average molecular weight is 184 g/mol. The van der Waals surface area contributed by atoms with E-state index >= 15 is 0 Å². The van der Waals surface area contributed by atoms with Crippen LogP contribution in [-0.4, -0.2) is 23.3 Å². The summed E-state index contributed by atoms with van der Waals surface area (Å²) in [6.07, 6.45) is 0. The fourth-order valence-corrected chi connectivity index (χ4v) is 1.31. The number of nitrogens with zero attached hydrogens (tertiary/aromatic N) is 1. The summed E-state index contributed by atoms with van der Waals surface area (Å²) in [7, 11) is 0. The summed E-state index contributed by atoms with van der Waals surface area (Å²) in [5.74, 6) is 1.73. The largest absolute Gasteiger partial charge is 0.358 e. The standard InChI is InChI=1S/C11H24N2/c1-8(2)7-13(10(5)6)11(12)9(3)4/h8-10,12H,7H2,1-6H3. The third-order valence-electron chi connectivity index (χ3n) is 2.04. The summed E-state index contributed by atoms with van der Waals surface area (Å²) in [4.78, 5) is 2.19. The summed E-state index contributed by atoms with van der Waals surface area (Å²) in [6, 6.07) is 0.442. The molecule has 0 saturated heterocycles. The number of amidine groups is 1. The third-order valence-corrected chi connectivity index (χ3v) is 2.04. The average Bonchev–Trinajstić information content (AvgIpc) is 1.97. The molecular weight excluding hydrogens is 160 g/mol. The minimum absolute atomic E-state index is 0.334. The maximum atomic E-state index is 7.95. The second-order valence-corrected chi connectivity index (χ2v) is 4.68. The Morgan fingerprint density at radius 3 is 1.77 bits per heavy atom. The van der Waals surface area contributed by atoms with Crippen LogP contribution < -0.4 is 0 Å².